The average Bonchev–Trinajstić information content (AvgIpc) is 2.60. The first-order valence-electron chi connectivity index (χ1n) is 29.2. The van der Waals surface area contributed by atoms with Crippen molar-refractivity contribution in [2.24, 2.45) is 23.5 Å². The normalized spacial score (nSPS) is 15.9. The molecule has 0 saturated heterocycles. The Labute approximate surface area is 516 Å². The number of nitrogens with two attached hydrogens (primary N) is 1. The Morgan fingerprint density at radius 1 is 0.580 bits per heavy atom. The fraction of sp³-hybridized carbons (Fsp3) is 0.576. The van der Waals surface area contributed by atoms with Gasteiger partial charge in [0.05, 0.1) is 6.61 Å². The van der Waals surface area contributed by atoms with Crippen LogP contribution in [-0.4, -0.2) is 175 Å². The van der Waals surface area contributed by atoms with Crippen molar-refractivity contribution < 1.29 is 82.8 Å². The van der Waals surface area contributed by atoms with Crippen LogP contribution in [0.4, 0.5) is 0 Å². The Balaban J connectivity index is 1.86. The van der Waals surface area contributed by atoms with Gasteiger partial charge in [0, 0.05) is 44.9 Å². The van der Waals surface area contributed by atoms with Gasteiger partial charge in [-0.15, -0.1) is 0 Å². The van der Waals surface area contributed by atoms with Crippen LogP contribution in [-0.2, 0) is 81.7 Å². The number of carbonyl (C=O) groups is 13. The highest BCUT2D eigenvalue weighted by molar-refractivity contribution is 7.80. The topological polar surface area (TPSA) is 440 Å². The molecule has 0 aromatic heterocycles. The van der Waals surface area contributed by atoms with Gasteiger partial charge in [0.2, 0.25) is 65.0 Å². The molecule has 1 aliphatic rings. The number of hydrogen-bond acceptors (Lipinski definition) is 16. The van der Waals surface area contributed by atoms with Crippen molar-refractivity contribution in [3.05, 3.63) is 65.2 Å². The standard InChI is InChI=1S/C59H87N11O17S/c1-9-10-15-38(51(79)66-43(28-71)55(83)64-41(50(60)78)25-34-16-18-37(73)19-17-34)63-56(84)45-26-35-13-11-12-14-36(35)27-70(45)59(87)44(29-88)67-54(82)42(24-30(2)3)65-57(85)48(31(4)5)69-58(86)49(32(6)7)68-53(81)40(21-23-47(76)77)62-52(80)39(61-33(8)72)20-22-46(74)75/h11-14,16-19,30-32,38-45,48-49,71,73,88H,9-10,15,20-29H2,1-8H3,(H2,60,78)(H,61,72)(H,62,80)(H,63,84)(H,64,83)(H,65,85)(H,66,79)(H,67,82)(H,68,81)(H,69,86)(H,74,75)(H,76,77). The molecule has 10 atom stereocenters. The van der Waals surface area contributed by atoms with Crippen LogP contribution in [0.3, 0.4) is 0 Å². The number of carboxylic acid groups (broad SMARTS) is 2. The van der Waals surface area contributed by atoms with E-state index in [2.05, 4.69) is 60.5 Å². The third-order valence-electron chi connectivity index (χ3n) is 14.4. The molecule has 88 heavy (non-hydrogen) atoms. The number of hydrogen-bond donors (Lipinski definition) is 15. The molecule has 1 aliphatic heterocycles. The van der Waals surface area contributed by atoms with Crippen LogP contribution in [0.15, 0.2) is 48.5 Å². The van der Waals surface area contributed by atoms with Gasteiger partial charge in [0.25, 0.3) is 0 Å². The molecule has 1 heterocycles. The highest BCUT2D eigenvalue weighted by Gasteiger charge is 2.41. The Morgan fingerprint density at radius 2 is 1.03 bits per heavy atom. The molecule has 28 nitrogen and oxygen atoms in total. The maximum Gasteiger partial charge on any atom is 0.303 e. The lowest BCUT2D eigenvalue weighted by atomic mass is 9.92. The number of carbonyl (C=O) groups excluding carboxylic acids is 11. The minimum Gasteiger partial charge on any atom is -0.508 e. The number of aliphatic carboxylic acids is 2. The van der Waals surface area contributed by atoms with E-state index in [4.69, 9.17) is 5.73 Å². The van der Waals surface area contributed by atoms with Crippen LogP contribution >= 0.6 is 12.6 Å². The average molecular weight is 1250 g/mol. The van der Waals surface area contributed by atoms with Crippen LogP contribution in [0.5, 0.6) is 5.75 Å². The predicted molar refractivity (Wildman–Crippen MR) is 322 cm³/mol. The van der Waals surface area contributed by atoms with Gasteiger partial charge in [-0.1, -0.05) is 97.7 Å². The third kappa shape index (κ3) is 23.7. The number of nitrogens with zero attached hydrogens (tertiary/aromatic N) is 1. The van der Waals surface area contributed by atoms with Crippen molar-refractivity contribution in [1.82, 2.24) is 52.8 Å². The first-order chi connectivity index (χ1) is 41.4. The zero-order valence-corrected chi connectivity index (χ0v) is 51.8. The Morgan fingerprint density at radius 3 is 1.53 bits per heavy atom. The third-order valence-corrected chi connectivity index (χ3v) is 14.8. The number of aromatic hydroxyl groups is 1. The van der Waals surface area contributed by atoms with Crippen molar-refractivity contribution in [2.45, 2.75) is 187 Å². The molecule has 2 aromatic carbocycles. The summed E-state index contributed by atoms with van der Waals surface area (Å²) in [6, 6.07) is -1.14. The first-order valence-corrected chi connectivity index (χ1v) is 29.8. The molecule has 0 aliphatic carbocycles. The van der Waals surface area contributed by atoms with E-state index in [-0.39, 0.29) is 56.1 Å². The first kappa shape index (κ1) is 73.9. The Kier molecular flexibility index (Phi) is 30.3. The van der Waals surface area contributed by atoms with Crippen LogP contribution in [0, 0.1) is 17.8 Å². The lowest BCUT2D eigenvalue weighted by Crippen LogP contribution is -2.63. The maximum atomic E-state index is 14.8. The lowest BCUT2D eigenvalue weighted by molar-refractivity contribution is -0.145. The molecule has 0 radical (unpaired) electrons. The van der Waals surface area contributed by atoms with E-state index in [0.29, 0.717) is 29.5 Å². The van der Waals surface area contributed by atoms with E-state index in [1.165, 1.54) is 29.2 Å². The van der Waals surface area contributed by atoms with Crippen molar-refractivity contribution in [3.63, 3.8) is 0 Å². The molecule has 486 valence electrons. The lowest BCUT2D eigenvalue weighted by Gasteiger charge is -2.38. The van der Waals surface area contributed by atoms with Crippen LogP contribution in [0.25, 0.3) is 0 Å². The molecular formula is C59H87N11O17S. The number of primary amides is 1. The summed E-state index contributed by atoms with van der Waals surface area (Å²) in [5.41, 5.74) is 7.50. The molecule has 10 unspecified atom stereocenters. The number of rotatable bonds is 36. The number of aliphatic hydroxyl groups excluding tert-OH is 1. The van der Waals surface area contributed by atoms with E-state index >= 15 is 0 Å². The van der Waals surface area contributed by atoms with E-state index in [9.17, 15) is 82.8 Å². The van der Waals surface area contributed by atoms with Crippen LogP contribution < -0.4 is 53.6 Å². The van der Waals surface area contributed by atoms with E-state index in [1.807, 2.05) is 6.92 Å². The number of amides is 11. The van der Waals surface area contributed by atoms with Crippen molar-refractivity contribution in [1.29, 1.82) is 0 Å². The molecule has 15 N–H and O–H groups in total. The second kappa shape index (κ2) is 36.1. The number of aliphatic hydroxyl groups is 1. The second-order valence-corrected chi connectivity index (χ2v) is 23.2. The van der Waals surface area contributed by atoms with Gasteiger partial charge in [-0.25, -0.2) is 0 Å². The fourth-order valence-corrected chi connectivity index (χ4v) is 9.79. The quantitative estimate of drug-likeness (QED) is 0.0362. The number of phenols is 1. The van der Waals surface area contributed by atoms with Crippen molar-refractivity contribution >= 4 is 89.5 Å². The van der Waals surface area contributed by atoms with Gasteiger partial charge in [0.1, 0.15) is 66.2 Å². The summed E-state index contributed by atoms with van der Waals surface area (Å²) in [6.45, 7) is 11.8. The molecule has 0 bridgehead atoms. The number of thiol groups is 1. The van der Waals surface area contributed by atoms with Gasteiger partial charge in [-0.05, 0) is 72.3 Å². The number of nitrogens with one attached hydrogen (secondary N) is 9. The number of benzene rings is 2. The summed E-state index contributed by atoms with van der Waals surface area (Å²) in [5, 5.41) is 61.4. The summed E-state index contributed by atoms with van der Waals surface area (Å²) in [5.74, 6) is -14.0. The molecule has 2 aromatic rings. The second-order valence-electron chi connectivity index (χ2n) is 22.8. The SMILES string of the molecule is CCCCC(NC(=O)C1Cc2ccccc2CN1C(=O)C(CS)NC(=O)C(CC(C)C)NC(=O)C(NC(=O)C(NC(=O)C(CCC(=O)O)NC(=O)C(CCC(=O)O)NC(C)=O)C(C)C)C(C)C)C(=O)NC(CO)C(=O)NC(Cc1ccc(O)cc1)C(N)=O. The van der Waals surface area contributed by atoms with E-state index < -0.39 is 175 Å². The Hall–Kier alpha value is -8.34. The number of carboxylic acids is 2. The minimum absolute atomic E-state index is 0.0186. The van der Waals surface area contributed by atoms with Crippen LogP contribution in [0.2, 0.25) is 0 Å². The monoisotopic (exact) mass is 1250 g/mol. The van der Waals surface area contributed by atoms with Gasteiger partial charge in [-0.2, -0.15) is 12.6 Å². The van der Waals surface area contributed by atoms with E-state index in [0.717, 1.165) is 6.92 Å². The number of unbranched alkanes of at least 4 members (excludes halogenated alkanes) is 1. The molecule has 3 rings (SSSR count). The van der Waals surface area contributed by atoms with Crippen molar-refractivity contribution in [3.8, 4) is 5.75 Å². The van der Waals surface area contributed by atoms with Gasteiger partial charge >= 0.3 is 11.9 Å². The zero-order valence-electron chi connectivity index (χ0n) is 50.9. The maximum absolute atomic E-state index is 14.8. The summed E-state index contributed by atoms with van der Waals surface area (Å²) < 4.78 is 0. The van der Waals surface area contributed by atoms with Gasteiger partial charge in [0.15, 0.2) is 0 Å². The number of fused-ring (bicyclic) bond motifs is 1. The summed E-state index contributed by atoms with van der Waals surface area (Å²) in [6.07, 6.45) is -1.05. The van der Waals surface area contributed by atoms with Crippen LogP contribution in [0.1, 0.15) is 123 Å². The fourth-order valence-electron chi connectivity index (χ4n) is 9.54. The molecule has 29 heteroatoms. The molecular weight excluding hydrogens is 1170 g/mol. The predicted octanol–water partition coefficient (Wildman–Crippen LogP) is -1.04. The zero-order chi connectivity index (χ0) is 66.1. The largest absolute Gasteiger partial charge is 0.508 e. The Bertz CT molecular complexity index is 2800. The summed E-state index contributed by atoms with van der Waals surface area (Å²) in [4.78, 5) is 175. The minimum atomic E-state index is -1.60. The molecule has 0 fully saturated rings. The summed E-state index contributed by atoms with van der Waals surface area (Å²) in [7, 11) is 0. The molecule has 0 spiro atoms. The van der Waals surface area contributed by atoms with E-state index in [1.54, 1.807) is 65.8 Å². The number of phenolic OH excluding ortho intramolecular Hbond substituents is 1. The van der Waals surface area contributed by atoms with Gasteiger partial charge < -0.3 is 78.9 Å². The highest BCUT2D eigenvalue weighted by atomic mass is 32.1. The smallest absolute Gasteiger partial charge is 0.303 e. The van der Waals surface area contributed by atoms with Gasteiger partial charge in [-0.3, -0.25) is 62.3 Å². The highest BCUT2D eigenvalue weighted by Crippen LogP contribution is 2.25. The molecule has 11 amide bonds. The molecule has 0 saturated carbocycles. The summed E-state index contributed by atoms with van der Waals surface area (Å²) >= 11 is 4.42. The van der Waals surface area contributed by atoms with Crippen molar-refractivity contribution in [2.75, 3.05) is 12.4 Å².